The molecule has 0 unspecified atom stereocenters. The third-order valence-corrected chi connectivity index (χ3v) is 3.98. The van der Waals surface area contributed by atoms with E-state index in [4.69, 9.17) is 4.74 Å². The van der Waals surface area contributed by atoms with Crippen LogP contribution in [0.3, 0.4) is 0 Å². The zero-order valence-electron chi connectivity index (χ0n) is 13.3. The van der Waals surface area contributed by atoms with E-state index in [2.05, 4.69) is 25.9 Å². The molecule has 2 rings (SSSR count). The molecule has 4 nitrogen and oxygen atoms in total. The number of halogens is 4. The first kappa shape index (κ1) is 18.5. The number of hydrogen-bond donors (Lipinski definition) is 0. The third kappa shape index (κ3) is 4.37. The number of rotatable bonds is 6. The predicted octanol–water partition coefficient (Wildman–Crippen LogP) is 5.20. The number of aromatic nitrogens is 2. The molecule has 0 radical (unpaired) electrons. The maximum atomic E-state index is 13.3. The van der Waals surface area contributed by atoms with Crippen molar-refractivity contribution in [2.45, 2.75) is 25.9 Å². The van der Waals surface area contributed by atoms with Crippen LogP contribution in [0.1, 0.15) is 25.3 Å². The van der Waals surface area contributed by atoms with Gasteiger partial charge in [-0.1, -0.05) is 25.5 Å². The van der Waals surface area contributed by atoms with Crippen LogP contribution in [0.4, 0.5) is 24.7 Å². The minimum atomic E-state index is -4.56. The Morgan fingerprint density at radius 2 is 1.96 bits per heavy atom. The highest BCUT2D eigenvalue weighted by Crippen LogP contribution is 2.39. The molecule has 0 bridgehead atoms. The fourth-order valence-electron chi connectivity index (χ4n) is 2.03. The quantitative estimate of drug-likeness (QED) is 0.620. The van der Waals surface area contributed by atoms with E-state index in [9.17, 15) is 13.2 Å². The highest BCUT2D eigenvalue weighted by Gasteiger charge is 2.37. The van der Waals surface area contributed by atoms with Crippen LogP contribution in [-0.4, -0.2) is 23.6 Å². The fourth-order valence-corrected chi connectivity index (χ4v) is 2.58. The van der Waals surface area contributed by atoms with Gasteiger partial charge in [-0.05, 0) is 34.5 Å². The summed E-state index contributed by atoms with van der Waals surface area (Å²) in [5.41, 5.74) is -0.357. The van der Waals surface area contributed by atoms with Gasteiger partial charge in [0.1, 0.15) is 5.56 Å². The molecule has 0 amide bonds. The van der Waals surface area contributed by atoms with E-state index in [1.165, 1.54) is 11.9 Å². The van der Waals surface area contributed by atoms with Gasteiger partial charge in [0.25, 0.3) is 0 Å². The molecule has 0 fully saturated rings. The molecular formula is C16H17BrF3N3O. The van der Waals surface area contributed by atoms with Gasteiger partial charge in [0, 0.05) is 17.7 Å². The van der Waals surface area contributed by atoms with E-state index in [1.54, 1.807) is 24.3 Å². The lowest BCUT2D eigenvalue weighted by molar-refractivity contribution is -0.137. The molecule has 1 aromatic carbocycles. The smallest absolute Gasteiger partial charge is 0.421 e. The van der Waals surface area contributed by atoms with E-state index >= 15 is 0 Å². The van der Waals surface area contributed by atoms with Gasteiger partial charge in [0.05, 0.1) is 12.3 Å². The largest absolute Gasteiger partial charge is 0.463 e. The van der Waals surface area contributed by atoms with Crippen molar-refractivity contribution in [2.75, 3.05) is 18.6 Å². The first-order valence-corrected chi connectivity index (χ1v) is 8.19. The molecule has 0 aliphatic rings. The Kier molecular flexibility index (Phi) is 6.04. The van der Waals surface area contributed by atoms with Gasteiger partial charge in [0.15, 0.2) is 5.82 Å². The SMILES string of the molecule is CCCCOc1ncc(C(F)(F)F)c(N(C)c2ccccc2Br)n1. The van der Waals surface area contributed by atoms with Crippen LogP contribution in [0.2, 0.25) is 0 Å². The molecule has 8 heteroatoms. The van der Waals surface area contributed by atoms with Crippen LogP contribution < -0.4 is 9.64 Å². The van der Waals surface area contributed by atoms with Gasteiger partial charge >= 0.3 is 12.2 Å². The van der Waals surface area contributed by atoms with Crippen molar-refractivity contribution < 1.29 is 17.9 Å². The van der Waals surface area contributed by atoms with Crippen molar-refractivity contribution in [1.82, 2.24) is 9.97 Å². The number of anilines is 2. The van der Waals surface area contributed by atoms with Crippen LogP contribution >= 0.6 is 15.9 Å². The lowest BCUT2D eigenvalue weighted by Gasteiger charge is -2.23. The van der Waals surface area contributed by atoms with Crippen molar-refractivity contribution in [2.24, 2.45) is 0 Å². The molecule has 0 aliphatic heterocycles. The number of unbranched alkanes of at least 4 members (excludes halogenated alkanes) is 1. The number of benzene rings is 1. The molecule has 0 aliphatic carbocycles. The molecule has 1 aromatic heterocycles. The van der Waals surface area contributed by atoms with Gasteiger partial charge in [-0.15, -0.1) is 0 Å². The Hall–Kier alpha value is -1.83. The molecule has 1 heterocycles. The second-order valence-corrected chi connectivity index (χ2v) is 5.95. The molecule has 0 N–H and O–H groups in total. The summed E-state index contributed by atoms with van der Waals surface area (Å²) in [6, 6.07) is 6.91. The number of ether oxygens (including phenoxy) is 1. The Labute approximate surface area is 146 Å². The summed E-state index contributed by atoms with van der Waals surface area (Å²) in [7, 11) is 1.52. The lowest BCUT2D eigenvalue weighted by Crippen LogP contribution is -2.19. The van der Waals surface area contributed by atoms with E-state index in [0.29, 0.717) is 16.8 Å². The molecule has 2 aromatic rings. The standard InChI is InChI=1S/C16H17BrF3N3O/c1-3-4-9-24-15-21-10-11(16(18,19)20)14(22-15)23(2)13-8-6-5-7-12(13)17/h5-8,10H,3-4,9H2,1-2H3. The average Bonchev–Trinajstić information content (AvgIpc) is 2.54. The van der Waals surface area contributed by atoms with Crippen LogP contribution in [0.5, 0.6) is 6.01 Å². The summed E-state index contributed by atoms with van der Waals surface area (Å²) >= 11 is 3.34. The minimum Gasteiger partial charge on any atom is -0.463 e. The molecule has 0 saturated carbocycles. The first-order valence-electron chi connectivity index (χ1n) is 7.40. The number of alkyl halides is 3. The lowest BCUT2D eigenvalue weighted by atomic mass is 10.2. The van der Waals surface area contributed by atoms with E-state index in [1.807, 2.05) is 6.92 Å². The Bertz CT molecular complexity index is 695. The van der Waals surface area contributed by atoms with Crippen LogP contribution in [0.25, 0.3) is 0 Å². The zero-order valence-corrected chi connectivity index (χ0v) is 14.9. The van der Waals surface area contributed by atoms with Gasteiger partial charge in [-0.25, -0.2) is 4.98 Å². The fraction of sp³-hybridized carbons (Fsp3) is 0.375. The van der Waals surface area contributed by atoms with Crippen molar-refractivity contribution in [3.63, 3.8) is 0 Å². The summed E-state index contributed by atoms with van der Waals surface area (Å²) in [4.78, 5) is 9.03. The predicted molar refractivity (Wildman–Crippen MR) is 89.6 cm³/mol. The minimum absolute atomic E-state index is 0.0645. The molecule has 0 spiro atoms. The summed E-state index contributed by atoms with van der Waals surface area (Å²) in [5, 5.41) is 0. The summed E-state index contributed by atoms with van der Waals surface area (Å²) in [6.45, 7) is 2.35. The molecule has 0 saturated heterocycles. The van der Waals surface area contributed by atoms with E-state index < -0.39 is 11.7 Å². The van der Waals surface area contributed by atoms with Crippen molar-refractivity contribution in [1.29, 1.82) is 0 Å². The highest BCUT2D eigenvalue weighted by atomic mass is 79.9. The third-order valence-electron chi connectivity index (χ3n) is 3.31. The van der Waals surface area contributed by atoms with E-state index in [0.717, 1.165) is 19.0 Å². The van der Waals surface area contributed by atoms with E-state index in [-0.39, 0.29) is 11.8 Å². The summed E-state index contributed by atoms with van der Waals surface area (Å²) < 4.78 is 45.9. The maximum Gasteiger partial charge on any atom is 0.421 e. The van der Waals surface area contributed by atoms with Gasteiger partial charge in [-0.3, -0.25) is 0 Å². The second kappa shape index (κ2) is 7.83. The Balaban J connectivity index is 2.44. The first-order chi connectivity index (χ1) is 11.3. The summed E-state index contributed by atoms with van der Waals surface area (Å²) in [5.74, 6) is -0.254. The van der Waals surface area contributed by atoms with Crippen LogP contribution in [0.15, 0.2) is 34.9 Å². The molecule has 0 atom stereocenters. The second-order valence-electron chi connectivity index (χ2n) is 5.10. The topological polar surface area (TPSA) is 38.2 Å². The molecule has 130 valence electrons. The van der Waals surface area contributed by atoms with Gasteiger partial charge < -0.3 is 9.64 Å². The molecule has 24 heavy (non-hydrogen) atoms. The van der Waals surface area contributed by atoms with Crippen molar-refractivity contribution >= 4 is 27.4 Å². The number of hydrogen-bond acceptors (Lipinski definition) is 4. The monoisotopic (exact) mass is 403 g/mol. The van der Waals surface area contributed by atoms with Crippen molar-refractivity contribution in [3.05, 3.63) is 40.5 Å². The average molecular weight is 404 g/mol. The zero-order chi connectivity index (χ0) is 17.7. The Morgan fingerprint density at radius 1 is 1.25 bits per heavy atom. The summed E-state index contributed by atoms with van der Waals surface area (Å²) in [6.07, 6.45) is -2.12. The maximum absolute atomic E-state index is 13.3. The Morgan fingerprint density at radius 3 is 2.58 bits per heavy atom. The number of para-hydroxylation sites is 1. The van der Waals surface area contributed by atoms with Crippen molar-refractivity contribution in [3.8, 4) is 6.01 Å². The van der Waals surface area contributed by atoms with Crippen LogP contribution in [0, 0.1) is 0 Å². The number of nitrogens with zero attached hydrogens (tertiary/aromatic N) is 3. The highest BCUT2D eigenvalue weighted by molar-refractivity contribution is 9.10. The normalized spacial score (nSPS) is 11.4. The van der Waals surface area contributed by atoms with Gasteiger partial charge in [-0.2, -0.15) is 18.2 Å². The van der Waals surface area contributed by atoms with Gasteiger partial charge in [0.2, 0.25) is 0 Å². The molecular weight excluding hydrogens is 387 g/mol. The van der Waals surface area contributed by atoms with Crippen LogP contribution in [-0.2, 0) is 6.18 Å².